The number of carbonyl (C=O) groups is 2. The molecule has 8 heteroatoms. The van der Waals surface area contributed by atoms with Gasteiger partial charge in [-0.05, 0) is 53.9 Å². The Labute approximate surface area is 174 Å². The maximum atomic E-state index is 12.1. The second kappa shape index (κ2) is 9.28. The number of halogens is 2. The molecule has 3 aromatic rings. The summed E-state index contributed by atoms with van der Waals surface area (Å²) in [6.07, 6.45) is 0. The summed E-state index contributed by atoms with van der Waals surface area (Å²) < 4.78 is 0. The van der Waals surface area contributed by atoms with Crippen LogP contribution < -0.4 is 10.6 Å². The number of anilines is 2. The van der Waals surface area contributed by atoms with Gasteiger partial charge in [0.15, 0.2) is 0 Å². The highest BCUT2D eigenvalue weighted by molar-refractivity contribution is 8.00. The van der Waals surface area contributed by atoms with Crippen LogP contribution in [0.25, 0.3) is 0 Å². The Morgan fingerprint density at radius 2 is 1.78 bits per heavy atom. The largest absolute Gasteiger partial charge is 0.324 e. The van der Waals surface area contributed by atoms with Gasteiger partial charge in [0.05, 0.1) is 21.3 Å². The van der Waals surface area contributed by atoms with Crippen molar-refractivity contribution in [1.29, 1.82) is 0 Å². The van der Waals surface area contributed by atoms with Gasteiger partial charge >= 0.3 is 0 Å². The highest BCUT2D eigenvalue weighted by atomic mass is 35.5. The van der Waals surface area contributed by atoms with Crippen molar-refractivity contribution >= 4 is 69.5 Å². The van der Waals surface area contributed by atoms with Gasteiger partial charge in [-0.1, -0.05) is 29.3 Å². The van der Waals surface area contributed by atoms with Crippen LogP contribution in [0.3, 0.4) is 0 Å². The van der Waals surface area contributed by atoms with Crippen LogP contribution in [-0.2, 0) is 4.79 Å². The van der Waals surface area contributed by atoms with Gasteiger partial charge in [0.2, 0.25) is 5.91 Å². The zero-order valence-electron chi connectivity index (χ0n) is 13.9. The van der Waals surface area contributed by atoms with Crippen molar-refractivity contribution < 1.29 is 9.59 Å². The second-order valence-corrected chi connectivity index (χ2v) is 8.26. The summed E-state index contributed by atoms with van der Waals surface area (Å²) in [4.78, 5) is 25.7. The number of amides is 2. The van der Waals surface area contributed by atoms with E-state index in [2.05, 4.69) is 10.6 Å². The molecule has 3 rings (SSSR count). The Morgan fingerprint density at radius 1 is 1.00 bits per heavy atom. The molecule has 0 aliphatic carbocycles. The smallest absolute Gasteiger partial charge is 0.265 e. The molecular weight excluding hydrogens is 423 g/mol. The Kier molecular flexibility index (Phi) is 6.79. The van der Waals surface area contributed by atoms with Gasteiger partial charge in [-0.15, -0.1) is 23.1 Å². The fourth-order valence-corrected chi connectivity index (χ4v) is 3.93. The lowest BCUT2D eigenvalue weighted by molar-refractivity contribution is -0.113. The van der Waals surface area contributed by atoms with E-state index in [9.17, 15) is 9.59 Å². The van der Waals surface area contributed by atoms with Gasteiger partial charge in [0.25, 0.3) is 5.91 Å². The summed E-state index contributed by atoms with van der Waals surface area (Å²) in [5, 5.41) is 8.36. The summed E-state index contributed by atoms with van der Waals surface area (Å²) in [6.45, 7) is 0. The lowest BCUT2D eigenvalue weighted by atomic mass is 10.3. The van der Waals surface area contributed by atoms with Crippen LogP contribution in [-0.4, -0.2) is 17.6 Å². The van der Waals surface area contributed by atoms with Gasteiger partial charge in [-0.2, -0.15) is 0 Å². The summed E-state index contributed by atoms with van der Waals surface area (Å²) in [6, 6.07) is 15.8. The van der Waals surface area contributed by atoms with Crippen LogP contribution >= 0.6 is 46.3 Å². The number of hydrogen-bond donors (Lipinski definition) is 2. The van der Waals surface area contributed by atoms with E-state index in [-0.39, 0.29) is 17.6 Å². The number of rotatable bonds is 6. The minimum Gasteiger partial charge on any atom is -0.324 e. The first-order valence-corrected chi connectivity index (χ1v) is 10.5. The molecule has 0 aliphatic heterocycles. The molecule has 138 valence electrons. The first-order valence-electron chi connectivity index (χ1n) is 7.84. The predicted molar refractivity (Wildman–Crippen MR) is 115 cm³/mol. The molecule has 1 heterocycles. The molecule has 0 saturated heterocycles. The minimum atomic E-state index is -0.167. The van der Waals surface area contributed by atoms with Crippen LogP contribution in [0.2, 0.25) is 10.0 Å². The van der Waals surface area contributed by atoms with Crippen molar-refractivity contribution in [3.8, 4) is 0 Å². The van der Waals surface area contributed by atoms with E-state index in [1.807, 2.05) is 35.7 Å². The summed E-state index contributed by atoms with van der Waals surface area (Å²) >= 11 is 14.7. The molecule has 0 spiro atoms. The van der Waals surface area contributed by atoms with Gasteiger partial charge < -0.3 is 10.6 Å². The monoisotopic (exact) mass is 436 g/mol. The summed E-state index contributed by atoms with van der Waals surface area (Å²) in [5.74, 6) is -0.0660. The van der Waals surface area contributed by atoms with Gasteiger partial charge in [-0.25, -0.2) is 0 Å². The quantitative estimate of drug-likeness (QED) is 0.463. The lowest BCUT2D eigenvalue weighted by Crippen LogP contribution is -2.14. The Balaban J connectivity index is 1.51. The van der Waals surface area contributed by atoms with Crippen LogP contribution in [0.5, 0.6) is 0 Å². The van der Waals surface area contributed by atoms with Crippen molar-refractivity contribution in [2.75, 3.05) is 16.4 Å². The molecule has 2 amide bonds. The molecule has 0 atom stereocenters. The minimum absolute atomic E-state index is 0.135. The van der Waals surface area contributed by atoms with Gasteiger partial charge in [-0.3, -0.25) is 9.59 Å². The molecule has 1 aromatic heterocycles. The lowest BCUT2D eigenvalue weighted by Gasteiger charge is -2.08. The maximum absolute atomic E-state index is 12.1. The molecule has 0 bridgehead atoms. The van der Waals surface area contributed by atoms with Crippen molar-refractivity contribution in [2.24, 2.45) is 0 Å². The Bertz CT molecular complexity index is 945. The van der Waals surface area contributed by atoms with Crippen molar-refractivity contribution in [1.82, 2.24) is 0 Å². The fourth-order valence-electron chi connectivity index (χ4n) is 2.16. The third-order valence-electron chi connectivity index (χ3n) is 3.43. The number of carbonyl (C=O) groups excluding carboxylic acids is 2. The van der Waals surface area contributed by atoms with E-state index in [1.165, 1.54) is 23.1 Å². The first kappa shape index (κ1) is 19.8. The van der Waals surface area contributed by atoms with E-state index in [1.54, 1.807) is 24.3 Å². The van der Waals surface area contributed by atoms with E-state index in [4.69, 9.17) is 23.2 Å². The molecule has 2 N–H and O–H groups in total. The number of benzene rings is 2. The maximum Gasteiger partial charge on any atom is 0.265 e. The van der Waals surface area contributed by atoms with Gasteiger partial charge in [0, 0.05) is 15.6 Å². The standard InChI is InChI=1S/C19H14Cl2N2O2S2/c20-12-3-8-16(15(21)10-12)23-18(24)11-27-14-6-4-13(5-7-14)22-19(25)17-2-1-9-26-17/h1-10H,11H2,(H,22,25)(H,23,24). The Morgan fingerprint density at radius 3 is 2.44 bits per heavy atom. The Hall–Kier alpha value is -1.99. The number of nitrogens with one attached hydrogen (secondary N) is 2. The molecular formula is C19H14Cl2N2O2S2. The molecule has 2 aromatic carbocycles. The van der Waals surface area contributed by atoms with Crippen LogP contribution in [0.4, 0.5) is 11.4 Å². The molecule has 0 radical (unpaired) electrons. The van der Waals surface area contributed by atoms with E-state index in [0.717, 1.165) is 4.90 Å². The molecule has 0 unspecified atom stereocenters. The van der Waals surface area contributed by atoms with Crippen LogP contribution in [0.1, 0.15) is 9.67 Å². The molecule has 0 aliphatic rings. The molecule has 27 heavy (non-hydrogen) atoms. The summed E-state index contributed by atoms with van der Waals surface area (Å²) in [5.41, 5.74) is 1.23. The third kappa shape index (κ3) is 5.74. The van der Waals surface area contributed by atoms with Crippen molar-refractivity contribution in [3.05, 3.63) is 74.9 Å². The summed E-state index contributed by atoms with van der Waals surface area (Å²) in [7, 11) is 0. The van der Waals surface area contributed by atoms with Crippen molar-refractivity contribution in [3.63, 3.8) is 0 Å². The topological polar surface area (TPSA) is 58.2 Å². The highest BCUT2D eigenvalue weighted by Crippen LogP contribution is 2.26. The average molecular weight is 437 g/mol. The second-order valence-electron chi connectivity index (χ2n) is 5.42. The SMILES string of the molecule is O=C(CSc1ccc(NC(=O)c2cccs2)cc1)Nc1ccc(Cl)cc1Cl. The van der Waals surface area contributed by atoms with E-state index < -0.39 is 0 Å². The van der Waals surface area contributed by atoms with E-state index in [0.29, 0.717) is 26.3 Å². The number of hydrogen-bond acceptors (Lipinski definition) is 4. The van der Waals surface area contributed by atoms with E-state index >= 15 is 0 Å². The molecule has 4 nitrogen and oxygen atoms in total. The zero-order valence-corrected chi connectivity index (χ0v) is 17.0. The zero-order chi connectivity index (χ0) is 19.2. The predicted octanol–water partition coefficient (Wildman–Crippen LogP) is 6.04. The van der Waals surface area contributed by atoms with Crippen LogP contribution in [0, 0.1) is 0 Å². The third-order valence-corrected chi connectivity index (χ3v) is 5.86. The number of thioether (sulfide) groups is 1. The molecule has 0 fully saturated rings. The normalized spacial score (nSPS) is 10.4. The number of thiophene rings is 1. The highest BCUT2D eigenvalue weighted by Gasteiger charge is 2.09. The molecule has 0 saturated carbocycles. The average Bonchev–Trinajstić information content (AvgIpc) is 3.18. The van der Waals surface area contributed by atoms with Crippen LogP contribution in [0.15, 0.2) is 64.9 Å². The first-order chi connectivity index (χ1) is 13.0. The fraction of sp³-hybridized carbons (Fsp3) is 0.0526. The van der Waals surface area contributed by atoms with Crippen molar-refractivity contribution in [2.45, 2.75) is 4.90 Å². The van der Waals surface area contributed by atoms with Gasteiger partial charge in [0.1, 0.15) is 0 Å².